The Balaban J connectivity index is 0.00000338. The maximum Gasteiger partial charge on any atom is 0.251 e. The molecule has 0 spiro atoms. The molecule has 0 fully saturated rings. The van der Waals surface area contributed by atoms with Crippen molar-refractivity contribution in [2.24, 2.45) is 0 Å². The number of ether oxygens (including phenoxy) is 1. The van der Waals surface area contributed by atoms with Gasteiger partial charge in [-0.2, -0.15) is 0 Å². The van der Waals surface area contributed by atoms with E-state index in [-0.39, 0.29) is 30.7 Å². The van der Waals surface area contributed by atoms with Crippen molar-refractivity contribution in [3.8, 4) is 5.75 Å². The number of nitrogens with two attached hydrogens (primary N) is 1. The number of nitrogens with zero attached hydrogens (tertiary/aromatic N) is 1. The number of rotatable bonds is 9. The zero-order chi connectivity index (χ0) is 18.1. The Labute approximate surface area is 174 Å². The molecule has 2 aromatic carbocycles. The highest BCUT2D eigenvalue weighted by molar-refractivity contribution is 5.94. The molecule has 1 amide bonds. The topological polar surface area (TPSA) is 67.6 Å². The van der Waals surface area contributed by atoms with Gasteiger partial charge in [0.05, 0.1) is 0 Å². The van der Waals surface area contributed by atoms with E-state index in [1.165, 1.54) is 0 Å². The molecule has 0 aliphatic heterocycles. The number of amides is 1. The first-order chi connectivity index (χ1) is 12.1. The molecule has 0 saturated heterocycles. The average Bonchev–Trinajstić information content (AvgIpc) is 2.64. The van der Waals surface area contributed by atoms with Crippen LogP contribution in [-0.2, 0) is 6.54 Å². The van der Waals surface area contributed by atoms with E-state index in [0.717, 1.165) is 30.9 Å². The molecule has 2 aromatic rings. The summed E-state index contributed by atoms with van der Waals surface area (Å²) in [6.07, 6.45) is 0. The smallest absolute Gasteiger partial charge is 0.251 e. The summed E-state index contributed by atoms with van der Waals surface area (Å²) < 4.78 is 5.76. The number of carbonyl (C=O) groups is 1. The van der Waals surface area contributed by atoms with Gasteiger partial charge >= 0.3 is 0 Å². The fraction of sp³-hybridized carbons (Fsp3) is 0.350. The van der Waals surface area contributed by atoms with Gasteiger partial charge in [0.15, 0.2) is 0 Å². The highest BCUT2D eigenvalue weighted by Crippen LogP contribution is 2.13. The molecule has 0 heterocycles. The molecule has 150 valence electrons. The number of carbonyl (C=O) groups excluding carboxylic acids is 1. The fourth-order valence-electron chi connectivity index (χ4n) is 2.50. The summed E-state index contributed by atoms with van der Waals surface area (Å²) in [6.45, 7) is 8.43. The van der Waals surface area contributed by atoms with Crippen LogP contribution in [-0.4, -0.2) is 37.0 Å². The van der Waals surface area contributed by atoms with Gasteiger partial charge in [0.25, 0.3) is 5.91 Å². The summed E-state index contributed by atoms with van der Waals surface area (Å²) in [4.78, 5) is 14.4. The van der Waals surface area contributed by atoms with Crippen LogP contribution in [0.3, 0.4) is 0 Å². The van der Waals surface area contributed by atoms with Gasteiger partial charge in [-0.1, -0.05) is 32.0 Å². The van der Waals surface area contributed by atoms with Crippen molar-refractivity contribution in [3.63, 3.8) is 0 Å². The molecular formula is C20H29Cl2N3O2. The van der Waals surface area contributed by atoms with Crippen LogP contribution >= 0.6 is 24.8 Å². The van der Waals surface area contributed by atoms with E-state index in [4.69, 9.17) is 10.5 Å². The summed E-state index contributed by atoms with van der Waals surface area (Å²) in [5.41, 5.74) is 7.87. The third-order valence-corrected chi connectivity index (χ3v) is 4.10. The molecule has 2 rings (SSSR count). The Morgan fingerprint density at radius 1 is 1.07 bits per heavy atom. The van der Waals surface area contributed by atoms with Crippen molar-refractivity contribution in [1.82, 2.24) is 10.2 Å². The van der Waals surface area contributed by atoms with E-state index in [2.05, 4.69) is 24.1 Å². The third-order valence-electron chi connectivity index (χ3n) is 4.10. The van der Waals surface area contributed by atoms with E-state index < -0.39 is 0 Å². The summed E-state index contributed by atoms with van der Waals surface area (Å²) in [5, 5.41) is 2.89. The summed E-state index contributed by atoms with van der Waals surface area (Å²) >= 11 is 0. The molecule has 0 aromatic heterocycles. The number of halogens is 2. The second-order valence-electron chi connectivity index (χ2n) is 5.83. The van der Waals surface area contributed by atoms with Gasteiger partial charge in [0.2, 0.25) is 0 Å². The predicted molar refractivity (Wildman–Crippen MR) is 116 cm³/mol. The maximum atomic E-state index is 12.1. The Kier molecular flexibility index (Phi) is 12.3. The fourth-order valence-corrected chi connectivity index (χ4v) is 2.50. The molecule has 0 unspecified atom stereocenters. The van der Waals surface area contributed by atoms with Crippen molar-refractivity contribution < 1.29 is 9.53 Å². The predicted octanol–water partition coefficient (Wildman–Crippen LogP) is 3.76. The summed E-state index contributed by atoms with van der Waals surface area (Å²) in [6, 6.07) is 14.7. The van der Waals surface area contributed by atoms with Crippen LogP contribution in [0.15, 0.2) is 48.5 Å². The summed E-state index contributed by atoms with van der Waals surface area (Å²) in [7, 11) is 0. The first-order valence-electron chi connectivity index (χ1n) is 8.70. The molecule has 0 radical (unpaired) electrons. The van der Waals surface area contributed by atoms with Crippen molar-refractivity contribution in [3.05, 3.63) is 59.7 Å². The lowest BCUT2D eigenvalue weighted by Crippen LogP contribution is -2.27. The van der Waals surface area contributed by atoms with Crippen LogP contribution < -0.4 is 15.8 Å². The van der Waals surface area contributed by atoms with Gasteiger partial charge in [-0.15, -0.1) is 24.8 Å². The first kappa shape index (κ1) is 25.1. The molecule has 0 aliphatic rings. The second kappa shape index (κ2) is 13.3. The van der Waals surface area contributed by atoms with Crippen LogP contribution in [0.5, 0.6) is 5.75 Å². The first-order valence-corrected chi connectivity index (χ1v) is 8.70. The quantitative estimate of drug-likeness (QED) is 0.613. The molecule has 0 aliphatic carbocycles. The highest BCUT2D eigenvalue weighted by Gasteiger charge is 2.05. The van der Waals surface area contributed by atoms with Crippen LogP contribution in [0.1, 0.15) is 29.8 Å². The van der Waals surface area contributed by atoms with Gasteiger partial charge in [-0.3, -0.25) is 4.79 Å². The van der Waals surface area contributed by atoms with Crippen molar-refractivity contribution in [1.29, 1.82) is 0 Å². The molecule has 7 heteroatoms. The van der Waals surface area contributed by atoms with Crippen LogP contribution in [0.2, 0.25) is 0 Å². The second-order valence-corrected chi connectivity index (χ2v) is 5.83. The van der Waals surface area contributed by atoms with Crippen LogP contribution in [0.4, 0.5) is 5.69 Å². The summed E-state index contributed by atoms with van der Waals surface area (Å²) in [5.74, 6) is 0.713. The minimum absolute atomic E-state index is 0. The molecule has 0 atom stereocenters. The number of nitrogens with one attached hydrogen (secondary N) is 1. The normalized spacial score (nSPS) is 9.89. The van der Waals surface area contributed by atoms with E-state index in [1.54, 1.807) is 24.3 Å². The number of hydrogen-bond donors (Lipinski definition) is 2. The molecule has 3 N–H and O–H groups in total. The lowest BCUT2D eigenvalue weighted by atomic mass is 10.1. The van der Waals surface area contributed by atoms with Gasteiger partial charge < -0.3 is 20.7 Å². The van der Waals surface area contributed by atoms with Crippen LogP contribution in [0, 0.1) is 0 Å². The van der Waals surface area contributed by atoms with E-state index >= 15 is 0 Å². The van der Waals surface area contributed by atoms with Gasteiger partial charge in [0, 0.05) is 24.3 Å². The van der Waals surface area contributed by atoms with E-state index in [0.29, 0.717) is 24.4 Å². The van der Waals surface area contributed by atoms with Crippen molar-refractivity contribution in [2.75, 3.05) is 32.0 Å². The molecule has 5 nitrogen and oxygen atoms in total. The Morgan fingerprint density at radius 2 is 1.74 bits per heavy atom. The number of benzene rings is 2. The molecule has 27 heavy (non-hydrogen) atoms. The van der Waals surface area contributed by atoms with Gasteiger partial charge in [0.1, 0.15) is 12.4 Å². The van der Waals surface area contributed by atoms with Crippen molar-refractivity contribution >= 4 is 36.4 Å². The lowest BCUT2D eigenvalue weighted by Gasteiger charge is -2.18. The molecule has 0 bridgehead atoms. The Hall–Kier alpha value is -1.95. The lowest BCUT2D eigenvalue weighted by molar-refractivity contribution is 0.0951. The minimum Gasteiger partial charge on any atom is -0.492 e. The number of nitrogen functional groups attached to an aromatic ring is 1. The monoisotopic (exact) mass is 413 g/mol. The highest BCUT2D eigenvalue weighted by atomic mass is 35.5. The molecule has 0 saturated carbocycles. The SMILES string of the molecule is CCN(CC)CCOc1ccc(CNC(=O)c2cccc(N)c2)cc1.Cl.Cl. The standard InChI is InChI=1S/C20H27N3O2.2ClH/c1-3-23(4-2)12-13-25-19-10-8-16(9-11-19)15-22-20(24)17-6-5-7-18(21)14-17;;/h5-11,14H,3-4,12-13,15,21H2,1-2H3,(H,22,24);2*1H. The van der Waals surface area contributed by atoms with Crippen LogP contribution in [0.25, 0.3) is 0 Å². The maximum absolute atomic E-state index is 12.1. The van der Waals surface area contributed by atoms with Gasteiger partial charge in [-0.05, 0) is 49.0 Å². The van der Waals surface area contributed by atoms with E-state index in [9.17, 15) is 4.79 Å². The average molecular weight is 414 g/mol. The van der Waals surface area contributed by atoms with Gasteiger partial charge in [-0.25, -0.2) is 0 Å². The Morgan fingerprint density at radius 3 is 2.33 bits per heavy atom. The van der Waals surface area contributed by atoms with E-state index in [1.807, 2.05) is 24.3 Å². The largest absolute Gasteiger partial charge is 0.492 e. The third kappa shape index (κ3) is 8.52. The molecular weight excluding hydrogens is 385 g/mol. The number of hydrogen-bond acceptors (Lipinski definition) is 4. The minimum atomic E-state index is -0.133. The zero-order valence-corrected chi connectivity index (χ0v) is 17.4. The zero-order valence-electron chi connectivity index (χ0n) is 15.8. The number of likely N-dealkylation sites (N-methyl/N-ethyl adjacent to an activating group) is 1. The number of anilines is 1. The Bertz CT molecular complexity index is 677. The van der Waals surface area contributed by atoms with Crippen molar-refractivity contribution in [2.45, 2.75) is 20.4 Å².